The Hall–Kier alpha value is -4.00. The second-order valence-corrected chi connectivity index (χ2v) is 7.25. The number of nitrogens with one attached hydrogen (secondary N) is 1. The summed E-state index contributed by atoms with van der Waals surface area (Å²) in [6.45, 7) is 1.08. The average molecular weight is 476 g/mol. The number of esters is 1. The Bertz CT molecular complexity index is 1150. The zero-order chi connectivity index (χ0) is 24.1. The number of morpholine rings is 1. The van der Waals surface area contributed by atoms with Crippen LogP contribution in [0.1, 0.15) is 15.9 Å². The third-order valence-corrected chi connectivity index (χ3v) is 5.00. The summed E-state index contributed by atoms with van der Waals surface area (Å²) < 4.78 is 51.3. The molecule has 1 fully saturated rings. The van der Waals surface area contributed by atoms with Gasteiger partial charge in [-0.2, -0.15) is 13.2 Å². The molecule has 3 aromatic rings. The highest BCUT2D eigenvalue weighted by Crippen LogP contribution is 2.35. The molecule has 0 aliphatic carbocycles. The van der Waals surface area contributed by atoms with Gasteiger partial charge in [0.2, 0.25) is 0 Å². The monoisotopic (exact) mass is 476 g/mol. The number of carbonyl (C=O) groups excluding carboxylic acids is 2. The molecule has 178 valence electrons. The van der Waals surface area contributed by atoms with Crippen molar-refractivity contribution in [3.8, 4) is 5.69 Å². The number of tetrazole rings is 1. The van der Waals surface area contributed by atoms with Crippen molar-refractivity contribution in [1.29, 1.82) is 0 Å². The lowest BCUT2D eigenvalue weighted by Crippen LogP contribution is -2.37. The number of anilines is 2. The lowest BCUT2D eigenvalue weighted by Gasteiger charge is -2.31. The molecule has 0 spiro atoms. The number of hydrogen-bond acceptors (Lipinski definition) is 8. The first-order valence-corrected chi connectivity index (χ1v) is 10.2. The summed E-state index contributed by atoms with van der Waals surface area (Å²) in [5.74, 6) is -1.54. The summed E-state index contributed by atoms with van der Waals surface area (Å²) in [5, 5.41) is 13.2. The van der Waals surface area contributed by atoms with Crippen LogP contribution in [0, 0.1) is 0 Å². The van der Waals surface area contributed by atoms with E-state index in [9.17, 15) is 22.8 Å². The SMILES string of the molecule is O=C(COC(=O)c1ccc(-n2cnnn2)cc1)Nc1cc(C(F)(F)F)ccc1N1CCOCC1. The molecule has 13 heteroatoms. The number of ether oxygens (including phenoxy) is 2. The maximum absolute atomic E-state index is 13.2. The van der Waals surface area contributed by atoms with Crippen LogP contribution in [0.5, 0.6) is 0 Å². The molecular weight excluding hydrogens is 457 g/mol. The highest BCUT2D eigenvalue weighted by atomic mass is 19.4. The molecule has 0 atom stereocenters. The van der Waals surface area contributed by atoms with E-state index in [0.717, 1.165) is 12.1 Å². The fourth-order valence-electron chi connectivity index (χ4n) is 3.32. The molecule has 1 amide bonds. The molecule has 4 rings (SSSR count). The summed E-state index contributed by atoms with van der Waals surface area (Å²) in [5.41, 5.74) is 0.286. The number of alkyl halides is 3. The number of amides is 1. The van der Waals surface area contributed by atoms with Gasteiger partial charge in [-0.05, 0) is 52.9 Å². The molecule has 1 aliphatic heterocycles. The van der Waals surface area contributed by atoms with Gasteiger partial charge in [0.25, 0.3) is 5.91 Å². The van der Waals surface area contributed by atoms with Gasteiger partial charge in [0.1, 0.15) is 6.33 Å². The van der Waals surface area contributed by atoms with Crippen molar-refractivity contribution in [1.82, 2.24) is 20.2 Å². The van der Waals surface area contributed by atoms with E-state index in [1.807, 2.05) is 4.90 Å². The molecule has 34 heavy (non-hydrogen) atoms. The molecule has 0 bridgehead atoms. The standard InChI is InChI=1S/C21H19F3N6O4/c22-21(23,24)15-3-6-18(29-7-9-33-10-8-29)17(11-15)26-19(31)12-34-20(32)14-1-4-16(5-2-14)30-13-25-27-28-30/h1-6,11,13H,7-10,12H2,(H,26,31). The van der Waals surface area contributed by atoms with Crippen molar-refractivity contribution in [3.05, 3.63) is 59.9 Å². The summed E-state index contributed by atoms with van der Waals surface area (Å²) >= 11 is 0. The zero-order valence-electron chi connectivity index (χ0n) is 17.7. The molecule has 2 aromatic carbocycles. The Morgan fingerprint density at radius 1 is 1.09 bits per heavy atom. The second kappa shape index (κ2) is 9.87. The van der Waals surface area contributed by atoms with Crippen molar-refractivity contribution in [2.24, 2.45) is 0 Å². The van der Waals surface area contributed by atoms with Gasteiger partial charge in [-0.25, -0.2) is 9.48 Å². The highest BCUT2D eigenvalue weighted by molar-refractivity contribution is 5.97. The van der Waals surface area contributed by atoms with Crippen LogP contribution in [-0.2, 0) is 20.4 Å². The van der Waals surface area contributed by atoms with Crippen LogP contribution in [0.15, 0.2) is 48.8 Å². The normalized spacial score (nSPS) is 14.0. The molecule has 0 unspecified atom stereocenters. The molecule has 0 radical (unpaired) electrons. The Labute approximate surface area is 191 Å². The van der Waals surface area contributed by atoms with E-state index in [1.54, 1.807) is 12.1 Å². The van der Waals surface area contributed by atoms with Crippen molar-refractivity contribution in [2.75, 3.05) is 43.1 Å². The number of rotatable bonds is 6. The van der Waals surface area contributed by atoms with Crippen LogP contribution in [-0.4, -0.2) is 65.0 Å². The summed E-state index contributed by atoms with van der Waals surface area (Å²) in [4.78, 5) is 26.5. The van der Waals surface area contributed by atoms with E-state index in [4.69, 9.17) is 9.47 Å². The average Bonchev–Trinajstić information content (AvgIpc) is 3.38. The van der Waals surface area contributed by atoms with Gasteiger partial charge in [0.15, 0.2) is 6.61 Å². The molecule has 0 saturated carbocycles. The van der Waals surface area contributed by atoms with Crippen LogP contribution in [0.3, 0.4) is 0 Å². The number of benzene rings is 2. The molecular formula is C21H19F3N6O4. The van der Waals surface area contributed by atoms with Crippen LogP contribution in [0.25, 0.3) is 5.69 Å². The largest absolute Gasteiger partial charge is 0.452 e. The van der Waals surface area contributed by atoms with E-state index in [-0.39, 0.29) is 11.3 Å². The minimum Gasteiger partial charge on any atom is -0.452 e. The van der Waals surface area contributed by atoms with Gasteiger partial charge in [0, 0.05) is 13.1 Å². The molecule has 1 saturated heterocycles. The van der Waals surface area contributed by atoms with Crippen molar-refractivity contribution >= 4 is 23.3 Å². The molecule has 1 aromatic heterocycles. The van der Waals surface area contributed by atoms with Crippen molar-refractivity contribution in [2.45, 2.75) is 6.18 Å². The Kier molecular flexibility index (Phi) is 6.72. The van der Waals surface area contributed by atoms with E-state index in [0.29, 0.717) is 37.7 Å². The lowest BCUT2D eigenvalue weighted by molar-refractivity contribution is -0.137. The third-order valence-electron chi connectivity index (χ3n) is 5.00. The van der Waals surface area contributed by atoms with Gasteiger partial charge < -0.3 is 19.7 Å². The molecule has 10 nitrogen and oxygen atoms in total. The fraction of sp³-hybridized carbons (Fsp3) is 0.286. The van der Waals surface area contributed by atoms with Crippen molar-refractivity contribution < 1.29 is 32.2 Å². The smallest absolute Gasteiger partial charge is 0.416 e. The van der Waals surface area contributed by atoms with Gasteiger partial charge in [-0.1, -0.05) is 0 Å². The number of hydrogen-bond donors (Lipinski definition) is 1. The Morgan fingerprint density at radius 2 is 1.82 bits per heavy atom. The number of halogens is 3. The third kappa shape index (κ3) is 5.49. The molecule has 2 heterocycles. The summed E-state index contributed by atoms with van der Waals surface area (Å²) in [7, 11) is 0. The predicted octanol–water partition coefficient (Wildman–Crippen LogP) is 2.31. The maximum atomic E-state index is 13.2. The van der Waals surface area contributed by atoms with Crippen LogP contribution < -0.4 is 10.2 Å². The minimum atomic E-state index is -4.58. The van der Waals surface area contributed by atoms with Crippen LogP contribution >= 0.6 is 0 Å². The van der Waals surface area contributed by atoms with Crippen LogP contribution in [0.2, 0.25) is 0 Å². The highest BCUT2D eigenvalue weighted by Gasteiger charge is 2.32. The van der Waals surface area contributed by atoms with E-state index in [2.05, 4.69) is 20.8 Å². The first kappa shape index (κ1) is 23.2. The Balaban J connectivity index is 1.42. The van der Waals surface area contributed by atoms with Gasteiger partial charge in [-0.15, -0.1) is 5.10 Å². The lowest BCUT2D eigenvalue weighted by atomic mass is 10.1. The number of carbonyl (C=O) groups is 2. The first-order chi connectivity index (χ1) is 16.3. The van der Waals surface area contributed by atoms with Crippen molar-refractivity contribution in [3.63, 3.8) is 0 Å². The summed E-state index contributed by atoms with van der Waals surface area (Å²) in [6.07, 6.45) is -3.19. The van der Waals surface area contributed by atoms with Gasteiger partial charge in [-0.3, -0.25) is 4.79 Å². The van der Waals surface area contributed by atoms with E-state index in [1.165, 1.54) is 29.2 Å². The van der Waals surface area contributed by atoms with E-state index >= 15 is 0 Å². The van der Waals surface area contributed by atoms with Gasteiger partial charge >= 0.3 is 12.1 Å². The zero-order valence-corrected chi connectivity index (χ0v) is 17.7. The molecule has 1 aliphatic rings. The topological polar surface area (TPSA) is 111 Å². The summed E-state index contributed by atoms with van der Waals surface area (Å²) in [6, 6.07) is 9.25. The second-order valence-electron chi connectivity index (χ2n) is 7.25. The van der Waals surface area contributed by atoms with Crippen LogP contribution in [0.4, 0.5) is 24.5 Å². The first-order valence-electron chi connectivity index (χ1n) is 10.2. The number of aromatic nitrogens is 4. The Morgan fingerprint density at radius 3 is 2.47 bits per heavy atom. The molecule has 1 N–H and O–H groups in total. The quantitative estimate of drug-likeness (QED) is 0.540. The fourth-order valence-corrected chi connectivity index (χ4v) is 3.32. The maximum Gasteiger partial charge on any atom is 0.416 e. The predicted molar refractivity (Wildman–Crippen MR) is 113 cm³/mol. The van der Waals surface area contributed by atoms with Gasteiger partial charge in [0.05, 0.1) is 41.4 Å². The number of nitrogens with zero attached hydrogens (tertiary/aromatic N) is 5. The van der Waals surface area contributed by atoms with E-state index < -0.39 is 30.2 Å². The minimum absolute atomic E-state index is 0.0245.